The largest absolute Gasteiger partial charge is 0.350 e. The summed E-state index contributed by atoms with van der Waals surface area (Å²) >= 11 is 8.74. The fourth-order valence-corrected chi connectivity index (χ4v) is 3.83. The number of fused-ring (bicyclic) bond motifs is 1. The van der Waals surface area contributed by atoms with Crippen LogP contribution >= 0.6 is 28.1 Å². The molecule has 5 nitrogen and oxygen atoms in total. The lowest BCUT2D eigenvalue weighted by atomic mass is 10.1. The van der Waals surface area contributed by atoms with Crippen LogP contribution in [0.1, 0.15) is 44.2 Å². The predicted octanol–water partition coefficient (Wildman–Crippen LogP) is 5.26. The minimum Gasteiger partial charge on any atom is -0.350 e. The molecule has 1 atom stereocenters. The number of halogens is 1. The Kier molecular flexibility index (Phi) is 7.39. The van der Waals surface area contributed by atoms with Crippen LogP contribution in [0.2, 0.25) is 0 Å². The highest BCUT2D eigenvalue weighted by atomic mass is 79.9. The highest BCUT2D eigenvalue weighted by Crippen LogP contribution is 2.17. The molecule has 1 aromatic heterocycles. The lowest BCUT2D eigenvalue weighted by molar-refractivity contribution is -0.121. The van der Waals surface area contributed by atoms with Gasteiger partial charge in [0.05, 0.1) is 16.9 Å². The highest BCUT2D eigenvalue weighted by Gasteiger charge is 2.09. The van der Waals surface area contributed by atoms with Crippen molar-refractivity contribution in [3.05, 3.63) is 73.7 Å². The van der Waals surface area contributed by atoms with Gasteiger partial charge in [0.25, 0.3) is 5.56 Å². The van der Waals surface area contributed by atoms with Gasteiger partial charge in [0.1, 0.15) is 0 Å². The van der Waals surface area contributed by atoms with Crippen molar-refractivity contribution in [2.45, 2.75) is 45.2 Å². The zero-order chi connectivity index (χ0) is 20.8. The van der Waals surface area contributed by atoms with Crippen molar-refractivity contribution in [2.75, 3.05) is 0 Å². The highest BCUT2D eigenvalue weighted by molar-refractivity contribution is 9.10. The molecule has 152 valence electrons. The number of hydrogen-bond donors (Lipinski definition) is 2. The summed E-state index contributed by atoms with van der Waals surface area (Å²) < 4.78 is 3.06. The Bertz CT molecular complexity index is 1110. The number of carbonyl (C=O) groups is 1. The van der Waals surface area contributed by atoms with Crippen LogP contribution in [-0.4, -0.2) is 15.5 Å². The topological polar surface area (TPSA) is 66.9 Å². The number of hydrogen-bond acceptors (Lipinski definition) is 3. The van der Waals surface area contributed by atoms with Gasteiger partial charge in [-0.05, 0) is 61.8 Å². The first-order valence-electron chi connectivity index (χ1n) is 9.72. The maximum Gasteiger partial charge on any atom is 0.262 e. The van der Waals surface area contributed by atoms with E-state index in [0.29, 0.717) is 23.1 Å². The Balaban J connectivity index is 1.46. The van der Waals surface area contributed by atoms with Crippen LogP contribution in [0.4, 0.5) is 0 Å². The van der Waals surface area contributed by atoms with Crippen LogP contribution in [0.5, 0.6) is 0 Å². The van der Waals surface area contributed by atoms with Gasteiger partial charge in [0, 0.05) is 17.4 Å². The second-order valence-corrected chi connectivity index (χ2v) is 8.39. The van der Waals surface area contributed by atoms with Gasteiger partial charge < -0.3 is 10.3 Å². The first-order valence-corrected chi connectivity index (χ1v) is 10.9. The molecule has 0 aliphatic rings. The van der Waals surface area contributed by atoms with E-state index in [9.17, 15) is 9.59 Å². The van der Waals surface area contributed by atoms with Crippen LogP contribution in [0, 0.1) is 4.77 Å². The van der Waals surface area contributed by atoms with E-state index in [2.05, 4.69) is 26.2 Å². The number of carbonyl (C=O) groups excluding carboxylic acids is 1. The molecule has 0 bridgehead atoms. The average Bonchev–Trinajstić information content (AvgIpc) is 2.70. The number of benzene rings is 2. The molecule has 0 fully saturated rings. The van der Waals surface area contributed by atoms with Gasteiger partial charge in [0.2, 0.25) is 5.91 Å². The Morgan fingerprint density at radius 3 is 2.62 bits per heavy atom. The van der Waals surface area contributed by atoms with Crippen LogP contribution in [0.15, 0.2) is 57.8 Å². The van der Waals surface area contributed by atoms with Gasteiger partial charge in [-0.25, -0.2) is 0 Å². The molecule has 1 unspecified atom stereocenters. The Labute approximate surface area is 183 Å². The number of para-hydroxylation sites is 1. The van der Waals surface area contributed by atoms with Crippen LogP contribution < -0.4 is 10.9 Å². The lowest BCUT2D eigenvalue weighted by Crippen LogP contribution is -2.26. The molecular weight excluding hydrogens is 450 g/mol. The van der Waals surface area contributed by atoms with E-state index in [1.165, 1.54) is 0 Å². The normalized spacial score (nSPS) is 12.1. The van der Waals surface area contributed by atoms with Gasteiger partial charge in [-0.2, -0.15) is 0 Å². The van der Waals surface area contributed by atoms with Gasteiger partial charge in [-0.3, -0.25) is 14.2 Å². The lowest BCUT2D eigenvalue weighted by Gasteiger charge is -2.14. The van der Waals surface area contributed by atoms with Gasteiger partial charge >= 0.3 is 0 Å². The number of amides is 1. The molecule has 1 amide bonds. The van der Waals surface area contributed by atoms with Crippen molar-refractivity contribution in [1.82, 2.24) is 14.9 Å². The van der Waals surface area contributed by atoms with Crippen LogP contribution in [0.25, 0.3) is 10.9 Å². The number of nitrogens with zero attached hydrogens (tertiary/aromatic N) is 1. The molecule has 3 aromatic rings. The number of aromatic amines is 1. The van der Waals surface area contributed by atoms with Crippen molar-refractivity contribution in [1.29, 1.82) is 0 Å². The molecular formula is C22H24BrN3O2S. The monoisotopic (exact) mass is 473 g/mol. The van der Waals surface area contributed by atoms with Gasteiger partial charge in [-0.15, -0.1) is 0 Å². The van der Waals surface area contributed by atoms with E-state index < -0.39 is 0 Å². The molecule has 0 spiro atoms. The summed E-state index contributed by atoms with van der Waals surface area (Å²) in [6.45, 7) is 2.53. The summed E-state index contributed by atoms with van der Waals surface area (Å²) in [5.74, 6) is 0.0422. The number of aromatic nitrogens is 2. The summed E-state index contributed by atoms with van der Waals surface area (Å²) in [6, 6.07) is 15.3. The predicted molar refractivity (Wildman–Crippen MR) is 123 cm³/mol. The fraction of sp³-hybridized carbons (Fsp3) is 0.318. The van der Waals surface area contributed by atoms with Crippen LogP contribution in [-0.2, 0) is 11.3 Å². The van der Waals surface area contributed by atoms with E-state index in [1.807, 2.05) is 49.4 Å². The molecule has 0 aliphatic heterocycles. The third kappa shape index (κ3) is 5.64. The van der Waals surface area contributed by atoms with Crippen molar-refractivity contribution in [3.63, 3.8) is 0 Å². The average molecular weight is 474 g/mol. The van der Waals surface area contributed by atoms with Gasteiger partial charge in [0.15, 0.2) is 4.77 Å². The third-order valence-electron chi connectivity index (χ3n) is 4.92. The fourth-order valence-electron chi connectivity index (χ4n) is 3.28. The van der Waals surface area contributed by atoms with Crippen molar-refractivity contribution in [3.8, 4) is 0 Å². The van der Waals surface area contributed by atoms with E-state index in [1.54, 1.807) is 10.6 Å². The second-order valence-electron chi connectivity index (χ2n) is 7.08. The minimum atomic E-state index is -0.0644. The molecule has 2 aromatic carbocycles. The minimum absolute atomic E-state index is 0.0231. The molecule has 3 rings (SSSR count). The SMILES string of the molecule is CC(NC(=O)CCCCCn1c(=S)[nH]c2ccccc2c1=O)c1ccc(Br)cc1. The number of rotatable bonds is 8. The smallest absolute Gasteiger partial charge is 0.262 e. The van der Waals surface area contributed by atoms with Crippen LogP contribution in [0.3, 0.4) is 0 Å². The maximum absolute atomic E-state index is 12.6. The molecule has 1 heterocycles. The summed E-state index contributed by atoms with van der Waals surface area (Å²) in [5.41, 5.74) is 1.77. The van der Waals surface area contributed by atoms with E-state index in [4.69, 9.17) is 12.2 Å². The van der Waals surface area contributed by atoms with Crippen molar-refractivity contribution >= 4 is 45.0 Å². The van der Waals surface area contributed by atoms with E-state index >= 15 is 0 Å². The zero-order valence-corrected chi connectivity index (χ0v) is 18.7. The maximum atomic E-state index is 12.6. The first-order chi connectivity index (χ1) is 14.0. The number of unbranched alkanes of at least 4 members (excludes halogenated alkanes) is 2. The Morgan fingerprint density at radius 2 is 1.86 bits per heavy atom. The molecule has 0 aliphatic carbocycles. The molecule has 29 heavy (non-hydrogen) atoms. The standard InChI is InChI=1S/C22H24BrN3O2S/c1-15(16-10-12-17(23)13-11-16)24-20(27)9-3-2-6-14-26-21(28)18-7-4-5-8-19(18)25-22(26)29/h4-5,7-8,10-13,15H,2-3,6,9,14H2,1H3,(H,24,27)(H,25,29). The molecule has 7 heteroatoms. The quantitative estimate of drug-likeness (QED) is 0.346. The van der Waals surface area contributed by atoms with Gasteiger partial charge in [-0.1, -0.05) is 46.6 Å². The summed E-state index contributed by atoms with van der Waals surface area (Å²) in [7, 11) is 0. The Morgan fingerprint density at radius 1 is 1.14 bits per heavy atom. The zero-order valence-electron chi connectivity index (χ0n) is 16.3. The van der Waals surface area contributed by atoms with Crippen molar-refractivity contribution in [2.24, 2.45) is 0 Å². The third-order valence-corrected chi connectivity index (χ3v) is 5.77. The summed E-state index contributed by atoms with van der Waals surface area (Å²) in [5, 5.41) is 3.67. The van der Waals surface area contributed by atoms with E-state index in [0.717, 1.165) is 34.8 Å². The Hall–Kier alpha value is -2.25. The number of H-pyrrole nitrogens is 1. The van der Waals surface area contributed by atoms with E-state index in [-0.39, 0.29) is 17.5 Å². The molecule has 0 saturated carbocycles. The summed E-state index contributed by atoms with van der Waals surface area (Å²) in [4.78, 5) is 27.9. The molecule has 0 radical (unpaired) electrons. The second kappa shape index (κ2) is 9.98. The first kappa shape index (κ1) is 21.5. The number of nitrogens with one attached hydrogen (secondary N) is 2. The molecule has 2 N–H and O–H groups in total. The van der Waals surface area contributed by atoms with Crippen molar-refractivity contribution < 1.29 is 4.79 Å². The summed E-state index contributed by atoms with van der Waals surface area (Å²) in [6.07, 6.45) is 2.90. The molecule has 0 saturated heterocycles.